The Morgan fingerprint density at radius 3 is 3.00 bits per heavy atom. The lowest BCUT2D eigenvalue weighted by Gasteiger charge is -2.08. The second-order valence-electron chi connectivity index (χ2n) is 5.30. The van der Waals surface area contributed by atoms with E-state index in [0.717, 1.165) is 18.8 Å². The molecule has 102 valence electrons. The van der Waals surface area contributed by atoms with Crippen molar-refractivity contribution in [2.45, 2.75) is 44.8 Å². The van der Waals surface area contributed by atoms with Crippen LogP contribution < -0.4 is 5.32 Å². The van der Waals surface area contributed by atoms with Gasteiger partial charge in [0, 0.05) is 24.5 Å². The van der Waals surface area contributed by atoms with Crippen LogP contribution in [0.3, 0.4) is 0 Å². The van der Waals surface area contributed by atoms with E-state index >= 15 is 0 Å². The summed E-state index contributed by atoms with van der Waals surface area (Å²) in [5.41, 5.74) is 2.30. The van der Waals surface area contributed by atoms with Gasteiger partial charge >= 0.3 is 0 Å². The van der Waals surface area contributed by atoms with Crippen LogP contribution in [0.2, 0.25) is 0 Å². The molecule has 0 unspecified atom stereocenters. The van der Waals surface area contributed by atoms with Crippen molar-refractivity contribution in [1.82, 2.24) is 24.9 Å². The third kappa shape index (κ3) is 2.87. The largest absolute Gasteiger partial charge is 0.316 e. The predicted molar refractivity (Wildman–Crippen MR) is 73.8 cm³/mol. The van der Waals surface area contributed by atoms with Crippen molar-refractivity contribution in [3.8, 4) is 0 Å². The lowest BCUT2D eigenvalue weighted by Crippen LogP contribution is -2.07. The Morgan fingerprint density at radius 1 is 1.37 bits per heavy atom. The van der Waals surface area contributed by atoms with Crippen LogP contribution in [0.1, 0.15) is 43.0 Å². The van der Waals surface area contributed by atoms with Crippen molar-refractivity contribution in [3.05, 3.63) is 35.9 Å². The van der Waals surface area contributed by atoms with E-state index in [1.165, 1.54) is 31.2 Å². The number of aromatic nitrogens is 4. The normalized spacial score (nSPS) is 16.3. The Kier molecular flexibility index (Phi) is 3.64. The minimum Gasteiger partial charge on any atom is -0.316 e. The highest BCUT2D eigenvalue weighted by Gasteiger charge is 2.17. The molecule has 1 N–H and O–H groups in total. The highest BCUT2D eigenvalue weighted by atomic mass is 15.3. The van der Waals surface area contributed by atoms with E-state index in [-0.39, 0.29) is 0 Å². The minimum absolute atomic E-state index is 0.617. The molecule has 0 atom stereocenters. The van der Waals surface area contributed by atoms with Gasteiger partial charge in [0.1, 0.15) is 0 Å². The van der Waals surface area contributed by atoms with Gasteiger partial charge in [-0.15, -0.1) is 0 Å². The van der Waals surface area contributed by atoms with E-state index in [0.29, 0.717) is 6.04 Å². The molecule has 3 rings (SSSR count). The Bertz CT molecular complexity index is 521. The third-order valence-corrected chi connectivity index (χ3v) is 3.75. The molecule has 1 aliphatic carbocycles. The van der Waals surface area contributed by atoms with Gasteiger partial charge in [-0.2, -0.15) is 10.2 Å². The van der Waals surface area contributed by atoms with Crippen LogP contribution in [-0.2, 0) is 13.1 Å². The summed E-state index contributed by atoms with van der Waals surface area (Å²) in [7, 11) is 1.95. The monoisotopic (exact) mass is 259 g/mol. The van der Waals surface area contributed by atoms with Gasteiger partial charge in [-0.1, -0.05) is 12.8 Å². The fourth-order valence-electron chi connectivity index (χ4n) is 2.79. The van der Waals surface area contributed by atoms with Gasteiger partial charge in [0.2, 0.25) is 0 Å². The van der Waals surface area contributed by atoms with Gasteiger partial charge in [-0.25, -0.2) is 0 Å². The zero-order chi connectivity index (χ0) is 13.1. The van der Waals surface area contributed by atoms with Gasteiger partial charge in [-0.3, -0.25) is 9.36 Å². The second-order valence-corrected chi connectivity index (χ2v) is 5.30. The quantitative estimate of drug-likeness (QED) is 0.893. The molecule has 2 aromatic heterocycles. The maximum Gasteiger partial charge on any atom is 0.0849 e. The molecule has 5 nitrogen and oxygen atoms in total. The summed E-state index contributed by atoms with van der Waals surface area (Å²) in [6.45, 7) is 1.61. The van der Waals surface area contributed by atoms with Crippen LogP contribution in [0.25, 0.3) is 0 Å². The van der Waals surface area contributed by atoms with Crippen molar-refractivity contribution in [1.29, 1.82) is 0 Å². The number of nitrogens with one attached hydrogen (secondary N) is 1. The lowest BCUT2D eigenvalue weighted by atomic mass is 10.3. The Morgan fingerprint density at radius 2 is 2.21 bits per heavy atom. The number of rotatable bonds is 5. The van der Waals surface area contributed by atoms with Gasteiger partial charge in [0.25, 0.3) is 0 Å². The van der Waals surface area contributed by atoms with Crippen molar-refractivity contribution in [2.75, 3.05) is 7.05 Å². The molecule has 2 heterocycles. The summed E-state index contributed by atoms with van der Waals surface area (Å²) in [6.07, 6.45) is 11.3. The average Bonchev–Trinajstić information content (AvgIpc) is 3.10. The fourth-order valence-corrected chi connectivity index (χ4v) is 2.79. The highest BCUT2D eigenvalue weighted by molar-refractivity contribution is 5.06. The van der Waals surface area contributed by atoms with Crippen molar-refractivity contribution in [2.24, 2.45) is 0 Å². The maximum absolute atomic E-state index is 4.68. The summed E-state index contributed by atoms with van der Waals surface area (Å²) in [4.78, 5) is 0. The number of hydrogen-bond donors (Lipinski definition) is 1. The molecule has 0 aromatic carbocycles. The lowest BCUT2D eigenvalue weighted by molar-refractivity contribution is 0.460. The zero-order valence-electron chi connectivity index (χ0n) is 11.4. The molecule has 5 heteroatoms. The molecule has 1 aliphatic rings. The number of hydrogen-bond acceptors (Lipinski definition) is 3. The molecular weight excluding hydrogens is 238 g/mol. The van der Waals surface area contributed by atoms with Crippen LogP contribution >= 0.6 is 0 Å². The van der Waals surface area contributed by atoms with Gasteiger partial charge < -0.3 is 5.32 Å². The molecule has 2 aromatic rings. The number of nitrogens with zero attached hydrogens (tertiary/aromatic N) is 4. The van der Waals surface area contributed by atoms with E-state index in [4.69, 9.17) is 0 Å². The minimum atomic E-state index is 0.617. The zero-order valence-corrected chi connectivity index (χ0v) is 11.4. The van der Waals surface area contributed by atoms with Gasteiger partial charge in [-0.05, 0) is 26.0 Å². The van der Waals surface area contributed by atoms with Crippen LogP contribution in [0.15, 0.2) is 24.7 Å². The Labute approximate surface area is 113 Å². The maximum atomic E-state index is 4.68. The SMILES string of the molecule is CNCc1cnn(Cc2ccn(C3CCCC3)n2)c1. The first-order valence-electron chi connectivity index (χ1n) is 7.05. The molecular formula is C14H21N5. The second kappa shape index (κ2) is 5.57. The molecule has 0 aliphatic heterocycles. The average molecular weight is 259 g/mol. The smallest absolute Gasteiger partial charge is 0.0849 e. The topological polar surface area (TPSA) is 47.7 Å². The van der Waals surface area contributed by atoms with E-state index in [1.807, 2.05) is 17.9 Å². The molecule has 19 heavy (non-hydrogen) atoms. The summed E-state index contributed by atoms with van der Waals surface area (Å²) in [5, 5.41) is 12.2. The summed E-state index contributed by atoms with van der Waals surface area (Å²) < 4.78 is 4.09. The van der Waals surface area contributed by atoms with E-state index in [1.54, 1.807) is 0 Å². The predicted octanol–water partition coefficient (Wildman–Crippen LogP) is 1.96. The fraction of sp³-hybridized carbons (Fsp3) is 0.571. The molecule has 0 saturated heterocycles. The summed E-state index contributed by atoms with van der Waals surface area (Å²) in [5.74, 6) is 0. The van der Waals surface area contributed by atoms with Gasteiger partial charge in [0.05, 0.1) is 24.5 Å². The summed E-state index contributed by atoms with van der Waals surface area (Å²) >= 11 is 0. The van der Waals surface area contributed by atoms with E-state index < -0.39 is 0 Å². The Hall–Kier alpha value is -1.62. The highest BCUT2D eigenvalue weighted by Crippen LogP contribution is 2.28. The van der Waals surface area contributed by atoms with E-state index in [2.05, 4.69) is 38.7 Å². The molecule has 0 bridgehead atoms. The first-order valence-corrected chi connectivity index (χ1v) is 7.05. The van der Waals surface area contributed by atoms with Crippen molar-refractivity contribution < 1.29 is 0 Å². The third-order valence-electron chi connectivity index (χ3n) is 3.75. The van der Waals surface area contributed by atoms with E-state index in [9.17, 15) is 0 Å². The van der Waals surface area contributed by atoms with Crippen molar-refractivity contribution >= 4 is 0 Å². The van der Waals surface area contributed by atoms with Crippen LogP contribution in [0, 0.1) is 0 Å². The first kappa shape index (κ1) is 12.4. The molecule has 0 spiro atoms. The van der Waals surface area contributed by atoms with Crippen molar-refractivity contribution in [3.63, 3.8) is 0 Å². The molecule has 0 amide bonds. The molecule has 0 radical (unpaired) electrons. The van der Waals surface area contributed by atoms with Crippen LogP contribution in [0.4, 0.5) is 0 Å². The summed E-state index contributed by atoms with van der Waals surface area (Å²) in [6, 6.07) is 2.73. The van der Waals surface area contributed by atoms with Gasteiger partial charge in [0.15, 0.2) is 0 Å². The van der Waals surface area contributed by atoms with Crippen LogP contribution in [-0.4, -0.2) is 26.6 Å². The standard InChI is InChI=1S/C14H21N5/c1-15-8-12-9-16-18(10-12)11-13-6-7-19(17-13)14-4-2-3-5-14/h6-7,9-10,14-15H,2-5,8,11H2,1H3. The first-order chi connectivity index (χ1) is 9.35. The Balaban J connectivity index is 1.65. The van der Waals surface area contributed by atoms with Crippen LogP contribution in [0.5, 0.6) is 0 Å². The molecule has 1 saturated carbocycles. The molecule has 1 fully saturated rings.